The lowest BCUT2D eigenvalue weighted by Crippen LogP contribution is -2.43. The normalized spacial score (nSPS) is 20.4. The van der Waals surface area contributed by atoms with Crippen molar-refractivity contribution in [3.05, 3.63) is 30.3 Å². The van der Waals surface area contributed by atoms with Crippen molar-refractivity contribution in [3.8, 4) is 0 Å². The van der Waals surface area contributed by atoms with Gasteiger partial charge >= 0.3 is 0 Å². The highest BCUT2D eigenvalue weighted by Crippen LogP contribution is 2.51. The summed E-state index contributed by atoms with van der Waals surface area (Å²) in [6.07, 6.45) is 6.92. The van der Waals surface area contributed by atoms with Crippen LogP contribution in [0.25, 0.3) is 0 Å². The molecule has 0 spiro atoms. The van der Waals surface area contributed by atoms with E-state index in [2.05, 4.69) is 54.1 Å². The molecule has 1 aliphatic heterocycles. The highest BCUT2D eigenvalue weighted by molar-refractivity contribution is 14.0. The Labute approximate surface area is 189 Å². The van der Waals surface area contributed by atoms with Gasteiger partial charge < -0.3 is 15.4 Å². The molecule has 1 heterocycles. The summed E-state index contributed by atoms with van der Waals surface area (Å²) in [6, 6.07) is 10.7. The first kappa shape index (κ1) is 23.2. The molecule has 27 heavy (non-hydrogen) atoms. The maximum Gasteiger partial charge on any atom is 0.191 e. The van der Waals surface area contributed by atoms with E-state index < -0.39 is 0 Å². The van der Waals surface area contributed by atoms with E-state index in [-0.39, 0.29) is 28.7 Å². The van der Waals surface area contributed by atoms with Gasteiger partial charge in [-0.3, -0.25) is 4.99 Å². The lowest BCUT2D eigenvalue weighted by molar-refractivity contribution is 0.0794. The second kappa shape index (κ2) is 11.2. The van der Waals surface area contributed by atoms with Crippen LogP contribution in [-0.2, 0) is 4.74 Å². The third kappa shape index (κ3) is 7.01. The Hall–Kier alpha value is -0.120. The van der Waals surface area contributed by atoms with E-state index in [9.17, 15) is 0 Å². The van der Waals surface area contributed by atoms with E-state index in [1.54, 1.807) is 0 Å². The van der Waals surface area contributed by atoms with Gasteiger partial charge in [0.05, 0.1) is 6.54 Å². The van der Waals surface area contributed by atoms with Crippen LogP contribution in [-0.4, -0.2) is 54.6 Å². The lowest BCUT2D eigenvalue weighted by Gasteiger charge is -2.34. The highest BCUT2D eigenvalue weighted by Gasteiger charge is 2.43. The quantitative estimate of drug-likeness (QED) is 0.302. The Morgan fingerprint density at radius 2 is 1.78 bits per heavy atom. The molecule has 3 rings (SSSR count). The van der Waals surface area contributed by atoms with E-state index in [0.29, 0.717) is 4.75 Å². The number of rotatable bonds is 8. The zero-order chi connectivity index (χ0) is 18.3. The van der Waals surface area contributed by atoms with Gasteiger partial charge in [0.25, 0.3) is 0 Å². The third-order valence-electron chi connectivity index (χ3n) is 5.17. The Kier molecular flexibility index (Phi) is 9.58. The van der Waals surface area contributed by atoms with Crippen molar-refractivity contribution < 1.29 is 4.74 Å². The zero-order valence-electron chi connectivity index (χ0n) is 16.3. The summed E-state index contributed by atoms with van der Waals surface area (Å²) in [5.41, 5.74) is 0. The minimum Gasteiger partial charge on any atom is -0.381 e. The molecule has 152 valence electrons. The predicted octanol–water partition coefficient (Wildman–Crippen LogP) is 4.40. The molecule has 0 bridgehead atoms. The summed E-state index contributed by atoms with van der Waals surface area (Å²) >= 11 is 3.95. The molecule has 1 aromatic rings. The largest absolute Gasteiger partial charge is 0.381 e. The first-order chi connectivity index (χ1) is 12.7. The van der Waals surface area contributed by atoms with Crippen molar-refractivity contribution >= 4 is 53.5 Å². The molecule has 0 radical (unpaired) electrons. The van der Waals surface area contributed by atoms with Crippen LogP contribution in [0.2, 0.25) is 0 Å². The standard InChI is InChI=1S/C20H31N3OS2.HI/c1-3-21-18(22-15-19(25-2)11-13-24-14-12-19)23-16-20(9-10-20)26-17-7-5-4-6-8-17;/h4-8H,3,9-16H2,1-2H3,(H2,21,22,23);1H. The molecule has 0 atom stereocenters. The van der Waals surface area contributed by atoms with Crippen LogP contribution in [0.4, 0.5) is 0 Å². The summed E-state index contributed by atoms with van der Waals surface area (Å²) in [4.78, 5) is 6.29. The van der Waals surface area contributed by atoms with Crippen LogP contribution in [0.15, 0.2) is 40.2 Å². The van der Waals surface area contributed by atoms with E-state index >= 15 is 0 Å². The maximum absolute atomic E-state index is 5.54. The molecular formula is C20H32IN3OS2. The lowest BCUT2D eigenvalue weighted by atomic mass is 9.99. The summed E-state index contributed by atoms with van der Waals surface area (Å²) in [5.74, 6) is 0.951. The number of thioether (sulfide) groups is 2. The number of hydrogen-bond acceptors (Lipinski definition) is 4. The number of aliphatic imine (C=N–C) groups is 1. The van der Waals surface area contributed by atoms with Gasteiger partial charge in [-0.15, -0.1) is 35.7 Å². The van der Waals surface area contributed by atoms with Gasteiger partial charge in [-0.1, -0.05) is 18.2 Å². The average molecular weight is 522 g/mol. The Balaban J connectivity index is 0.00000261. The Morgan fingerprint density at radius 3 is 2.37 bits per heavy atom. The second-order valence-corrected chi connectivity index (χ2v) is 9.96. The minimum atomic E-state index is 0. The van der Waals surface area contributed by atoms with E-state index in [0.717, 1.165) is 51.6 Å². The van der Waals surface area contributed by atoms with Gasteiger partial charge in [0.1, 0.15) is 0 Å². The van der Waals surface area contributed by atoms with Crippen molar-refractivity contribution in [2.45, 2.75) is 47.0 Å². The number of guanidine groups is 1. The van der Waals surface area contributed by atoms with Crippen molar-refractivity contribution in [3.63, 3.8) is 0 Å². The van der Waals surface area contributed by atoms with E-state index in [1.165, 1.54) is 17.7 Å². The smallest absolute Gasteiger partial charge is 0.191 e. The van der Waals surface area contributed by atoms with Crippen LogP contribution in [0.1, 0.15) is 32.6 Å². The van der Waals surface area contributed by atoms with E-state index in [1.807, 2.05) is 23.5 Å². The molecule has 0 amide bonds. The molecule has 1 saturated carbocycles. The van der Waals surface area contributed by atoms with Crippen LogP contribution in [0.5, 0.6) is 0 Å². The van der Waals surface area contributed by atoms with Crippen molar-refractivity contribution in [2.75, 3.05) is 39.1 Å². The molecule has 0 unspecified atom stereocenters. The topological polar surface area (TPSA) is 45.7 Å². The van der Waals surface area contributed by atoms with Gasteiger partial charge in [0.2, 0.25) is 0 Å². The second-order valence-electron chi connectivity index (χ2n) is 7.15. The molecule has 4 nitrogen and oxygen atoms in total. The fourth-order valence-corrected chi connectivity index (χ4v) is 5.19. The summed E-state index contributed by atoms with van der Waals surface area (Å²) in [5, 5.41) is 7.02. The van der Waals surface area contributed by atoms with Crippen LogP contribution >= 0.6 is 47.5 Å². The number of ether oxygens (including phenoxy) is 1. The highest BCUT2D eigenvalue weighted by atomic mass is 127. The maximum atomic E-state index is 5.54. The first-order valence-corrected chi connectivity index (χ1v) is 11.6. The molecule has 0 aromatic heterocycles. The molecule has 7 heteroatoms. The fraction of sp³-hybridized carbons (Fsp3) is 0.650. The van der Waals surface area contributed by atoms with Gasteiger partial charge in [-0.25, -0.2) is 0 Å². The molecule has 1 aromatic carbocycles. The van der Waals surface area contributed by atoms with Gasteiger partial charge in [0, 0.05) is 40.7 Å². The monoisotopic (exact) mass is 521 g/mol. The molecule has 1 saturated heterocycles. The number of halogens is 1. The molecule has 2 fully saturated rings. The minimum absolute atomic E-state index is 0. The molecule has 2 N–H and O–H groups in total. The Bertz CT molecular complexity index is 590. The summed E-state index contributed by atoms with van der Waals surface area (Å²) in [7, 11) is 0. The summed E-state index contributed by atoms with van der Waals surface area (Å²) < 4.78 is 6.10. The van der Waals surface area contributed by atoms with Crippen molar-refractivity contribution in [1.29, 1.82) is 0 Å². The molecular weight excluding hydrogens is 489 g/mol. The molecule has 1 aliphatic carbocycles. The third-order valence-corrected chi connectivity index (χ3v) is 8.07. The average Bonchev–Trinajstić information content (AvgIpc) is 3.45. The molecule has 2 aliphatic rings. The number of benzene rings is 1. The van der Waals surface area contributed by atoms with Crippen LogP contribution < -0.4 is 10.6 Å². The number of hydrogen-bond donors (Lipinski definition) is 2. The van der Waals surface area contributed by atoms with Crippen molar-refractivity contribution in [1.82, 2.24) is 10.6 Å². The van der Waals surface area contributed by atoms with E-state index in [4.69, 9.17) is 9.73 Å². The van der Waals surface area contributed by atoms with Crippen LogP contribution in [0, 0.1) is 0 Å². The number of nitrogens with one attached hydrogen (secondary N) is 2. The fourth-order valence-electron chi connectivity index (χ4n) is 3.17. The van der Waals surface area contributed by atoms with Crippen molar-refractivity contribution in [2.24, 2.45) is 4.99 Å². The summed E-state index contributed by atoms with van der Waals surface area (Å²) in [6.45, 7) is 6.55. The number of nitrogens with zero attached hydrogens (tertiary/aromatic N) is 1. The SMILES string of the molecule is CCNC(=NCC1(SC)CCOCC1)NCC1(Sc2ccccc2)CC1.I. The predicted molar refractivity (Wildman–Crippen MR) is 130 cm³/mol. The van der Waals surface area contributed by atoms with Crippen LogP contribution in [0.3, 0.4) is 0 Å². The Morgan fingerprint density at radius 1 is 1.07 bits per heavy atom. The zero-order valence-corrected chi connectivity index (χ0v) is 20.3. The van der Waals surface area contributed by atoms with Gasteiger partial charge in [-0.05, 0) is 51.0 Å². The van der Waals surface area contributed by atoms with Gasteiger partial charge in [0.15, 0.2) is 5.96 Å². The van der Waals surface area contributed by atoms with Gasteiger partial charge in [-0.2, -0.15) is 11.8 Å². The first-order valence-electron chi connectivity index (χ1n) is 9.58.